The number of benzene rings is 1. The zero-order chi connectivity index (χ0) is 15.1. The molecule has 21 heavy (non-hydrogen) atoms. The van der Waals surface area contributed by atoms with Gasteiger partial charge in [-0.2, -0.15) is 5.10 Å². The average Bonchev–Trinajstić information content (AvgIpc) is 2.97. The van der Waals surface area contributed by atoms with Crippen molar-refractivity contribution in [2.24, 2.45) is 0 Å². The summed E-state index contributed by atoms with van der Waals surface area (Å²) < 4.78 is 11.9. The largest absolute Gasteiger partial charge is 0.461 e. The third kappa shape index (κ3) is 4.32. The van der Waals surface area contributed by atoms with Crippen LogP contribution in [-0.4, -0.2) is 35.6 Å². The minimum atomic E-state index is -0.430. The van der Waals surface area contributed by atoms with Crippen LogP contribution in [-0.2, 0) is 9.47 Å². The third-order valence-corrected chi connectivity index (χ3v) is 2.83. The molecular weight excluding hydrogens is 270 g/mol. The molecule has 1 heterocycles. The van der Waals surface area contributed by atoms with Gasteiger partial charge in [-0.05, 0) is 37.3 Å². The molecule has 0 unspecified atom stereocenters. The molecule has 1 aromatic carbocycles. The summed E-state index contributed by atoms with van der Waals surface area (Å²) in [5.74, 6) is -0.430. The number of nitrogen functional groups attached to an aromatic ring is 1. The lowest BCUT2D eigenvalue weighted by atomic mass is 10.3. The first-order valence-corrected chi connectivity index (χ1v) is 6.87. The Labute approximate surface area is 123 Å². The second kappa shape index (κ2) is 7.44. The Bertz CT molecular complexity index is 578. The standard InChI is InChI=1S/C15H19N3O3/c1-2-20-10-3-11-21-15(19)14-8-9-18(17-14)13-6-4-12(16)5-7-13/h4-9H,2-3,10-11,16H2,1H3. The highest BCUT2D eigenvalue weighted by Gasteiger charge is 2.11. The van der Waals surface area contributed by atoms with Crippen molar-refractivity contribution in [2.45, 2.75) is 13.3 Å². The van der Waals surface area contributed by atoms with Gasteiger partial charge in [0.2, 0.25) is 0 Å². The van der Waals surface area contributed by atoms with E-state index in [1.807, 2.05) is 19.1 Å². The van der Waals surface area contributed by atoms with Gasteiger partial charge in [-0.15, -0.1) is 0 Å². The van der Waals surface area contributed by atoms with Crippen molar-refractivity contribution in [2.75, 3.05) is 25.6 Å². The number of anilines is 1. The van der Waals surface area contributed by atoms with Gasteiger partial charge in [0, 0.05) is 31.5 Å². The highest BCUT2D eigenvalue weighted by atomic mass is 16.5. The zero-order valence-electron chi connectivity index (χ0n) is 12.0. The quantitative estimate of drug-likeness (QED) is 0.479. The minimum Gasteiger partial charge on any atom is -0.461 e. The van der Waals surface area contributed by atoms with E-state index in [0.717, 1.165) is 5.69 Å². The third-order valence-electron chi connectivity index (χ3n) is 2.83. The fourth-order valence-corrected chi connectivity index (χ4v) is 1.75. The van der Waals surface area contributed by atoms with Gasteiger partial charge in [-0.25, -0.2) is 9.48 Å². The Balaban J connectivity index is 1.90. The lowest BCUT2D eigenvalue weighted by Crippen LogP contribution is -2.09. The van der Waals surface area contributed by atoms with Crippen molar-refractivity contribution in [3.63, 3.8) is 0 Å². The number of ether oxygens (including phenoxy) is 2. The average molecular weight is 289 g/mol. The molecule has 1 aromatic heterocycles. The van der Waals surface area contributed by atoms with Crippen molar-refractivity contribution in [3.05, 3.63) is 42.2 Å². The Morgan fingerprint density at radius 1 is 1.24 bits per heavy atom. The molecule has 0 bridgehead atoms. The van der Waals surface area contributed by atoms with Crippen LogP contribution >= 0.6 is 0 Å². The van der Waals surface area contributed by atoms with Crippen LogP contribution in [0.4, 0.5) is 5.69 Å². The molecule has 112 valence electrons. The van der Waals surface area contributed by atoms with E-state index in [9.17, 15) is 4.79 Å². The van der Waals surface area contributed by atoms with E-state index in [1.54, 1.807) is 29.1 Å². The summed E-state index contributed by atoms with van der Waals surface area (Å²) in [6, 6.07) is 8.85. The monoisotopic (exact) mass is 289 g/mol. The molecule has 0 spiro atoms. The lowest BCUT2D eigenvalue weighted by Gasteiger charge is -2.03. The number of hydrogen-bond donors (Lipinski definition) is 1. The van der Waals surface area contributed by atoms with Crippen molar-refractivity contribution < 1.29 is 14.3 Å². The van der Waals surface area contributed by atoms with Crippen LogP contribution in [0.1, 0.15) is 23.8 Å². The predicted molar refractivity (Wildman–Crippen MR) is 79.4 cm³/mol. The fraction of sp³-hybridized carbons (Fsp3) is 0.333. The van der Waals surface area contributed by atoms with Crippen LogP contribution < -0.4 is 5.73 Å². The van der Waals surface area contributed by atoms with E-state index in [4.69, 9.17) is 15.2 Å². The molecular formula is C15H19N3O3. The first kappa shape index (κ1) is 15.1. The molecule has 6 heteroatoms. The van der Waals surface area contributed by atoms with Gasteiger partial charge < -0.3 is 15.2 Å². The Morgan fingerprint density at radius 2 is 2.00 bits per heavy atom. The maximum absolute atomic E-state index is 11.8. The van der Waals surface area contributed by atoms with E-state index in [0.29, 0.717) is 31.9 Å². The van der Waals surface area contributed by atoms with Crippen molar-refractivity contribution in [1.29, 1.82) is 0 Å². The molecule has 0 amide bonds. The molecule has 6 nitrogen and oxygen atoms in total. The molecule has 2 aromatic rings. The van der Waals surface area contributed by atoms with E-state index in [2.05, 4.69) is 5.10 Å². The Morgan fingerprint density at radius 3 is 2.71 bits per heavy atom. The van der Waals surface area contributed by atoms with Gasteiger partial charge >= 0.3 is 5.97 Å². The topological polar surface area (TPSA) is 79.4 Å². The maximum Gasteiger partial charge on any atom is 0.358 e. The first-order chi connectivity index (χ1) is 10.2. The summed E-state index contributed by atoms with van der Waals surface area (Å²) in [7, 11) is 0. The second-order valence-electron chi connectivity index (χ2n) is 4.42. The molecule has 2 N–H and O–H groups in total. The number of nitrogens with zero attached hydrogens (tertiary/aromatic N) is 2. The molecule has 0 saturated heterocycles. The van der Waals surface area contributed by atoms with Gasteiger partial charge in [-0.3, -0.25) is 0 Å². The van der Waals surface area contributed by atoms with Crippen molar-refractivity contribution in [3.8, 4) is 5.69 Å². The highest BCUT2D eigenvalue weighted by Crippen LogP contribution is 2.11. The molecule has 0 aliphatic rings. The number of esters is 1. The Kier molecular flexibility index (Phi) is 5.34. The van der Waals surface area contributed by atoms with Crippen molar-refractivity contribution >= 4 is 11.7 Å². The van der Waals surface area contributed by atoms with Crippen LogP contribution in [0.5, 0.6) is 0 Å². The molecule has 0 aliphatic carbocycles. The molecule has 0 radical (unpaired) electrons. The predicted octanol–water partition coefficient (Wildman–Crippen LogP) is 2.04. The number of nitrogens with two attached hydrogens (primary N) is 1. The van der Waals surface area contributed by atoms with E-state index < -0.39 is 5.97 Å². The van der Waals surface area contributed by atoms with E-state index in [-0.39, 0.29) is 5.69 Å². The Hall–Kier alpha value is -2.34. The maximum atomic E-state index is 11.8. The smallest absolute Gasteiger partial charge is 0.358 e. The molecule has 0 aliphatic heterocycles. The van der Waals surface area contributed by atoms with Gasteiger partial charge in [-0.1, -0.05) is 0 Å². The summed E-state index contributed by atoms with van der Waals surface area (Å²) >= 11 is 0. The number of hydrogen-bond acceptors (Lipinski definition) is 5. The number of rotatable bonds is 7. The normalized spacial score (nSPS) is 10.5. The van der Waals surface area contributed by atoms with Gasteiger partial charge in [0.15, 0.2) is 5.69 Å². The van der Waals surface area contributed by atoms with Crippen molar-refractivity contribution in [1.82, 2.24) is 9.78 Å². The summed E-state index contributed by atoms with van der Waals surface area (Å²) in [6.07, 6.45) is 2.39. The van der Waals surface area contributed by atoms with E-state index >= 15 is 0 Å². The molecule has 0 atom stereocenters. The summed E-state index contributed by atoms with van der Waals surface area (Å²) in [5.41, 5.74) is 7.43. The zero-order valence-corrected chi connectivity index (χ0v) is 12.0. The van der Waals surface area contributed by atoms with Crippen LogP contribution in [0.3, 0.4) is 0 Å². The molecule has 0 saturated carbocycles. The second-order valence-corrected chi connectivity index (χ2v) is 4.42. The minimum absolute atomic E-state index is 0.281. The first-order valence-electron chi connectivity index (χ1n) is 6.87. The molecule has 0 fully saturated rings. The summed E-state index contributed by atoms with van der Waals surface area (Å²) in [5, 5.41) is 4.20. The van der Waals surface area contributed by atoms with E-state index in [1.165, 1.54) is 0 Å². The fourth-order valence-electron chi connectivity index (χ4n) is 1.75. The lowest BCUT2D eigenvalue weighted by molar-refractivity contribution is 0.0445. The van der Waals surface area contributed by atoms with Crippen LogP contribution in [0.2, 0.25) is 0 Å². The van der Waals surface area contributed by atoms with Gasteiger partial charge in [0.05, 0.1) is 12.3 Å². The van der Waals surface area contributed by atoms with Crippen LogP contribution in [0, 0.1) is 0 Å². The van der Waals surface area contributed by atoms with Gasteiger partial charge in [0.25, 0.3) is 0 Å². The summed E-state index contributed by atoms with van der Waals surface area (Å²) in [4.78, 5) is 11.8. The molecule has 2 rings (SSSR count). The van der Waals surface area contributed by atoms with Gasteiger partial charge in [0.1, 0.15) is 0 Å². The number of carbonyl (C=O) groups excluding carboxylic acids is 1. The SMILES string of the molecule is CCOCCCOC(=O)c1ccn(-c2ccc(N)cc2)n1. The number of aromatic nitrogens is 2. The number of carbonyl (C=O) groups is 1. The highest BCUT2D eigenvalue weighted by molar-refractivity contribution is 5.87. The van der Waals surface area contributed by atoms with Crippen LogP contribution in [0.25, 0.3) is 5.69 Å². The van der Waals surface area contributed by atoms with Crippen LogP contribution in [0.15, 0.2) is 36.5 Å². The summed E-state index contributed by atoms with van der Waals surface area (Å²) in [6.45, 7) is 3.51.